The third kappa shape index (κ3) is 3.23. The van der Waals surface area contributed by atoms with Crippen molar-refractivity contribution in [3.05, 3.63) is 59.9 Å². The minimum absolute atomic E-state index is 0.00972. The molecule has 3 heteroatoms. The van der Waals surface area contributed by atoms with Crippen LogP contribution in [-0.4, -0.2) is 15.6 Å². The van der Waals surface area contributed by atoms with E-state index in [-0.39, 0.29) is 12.3 Å². The summed E-state index contributed by atoms with van der Waals surface area (Å²) in [6, 6.07) is 12.0. The van der Waals surface area contributed by atoms with Crippen LogP contribution in [0, 0.1) is 6.92 Å². The van der Waals surface area contributed by atoms with Crippen molar-refractivity contribution in [1.29, 1.82) is 0 Å². The number of carboxylic acids is 1. The van der Waals surface area contributed by atoms with Crippen LogP contribution in [0.1, 0.15) is 23.5 Å². The first kappa shape index (κ1) is 12.4. The molecule has 1 atom stereocenters. The van der Waals surface area contributed by atoms with Gasteiger partial charge in [-0.25, -0.2) is 0 Å². The topological polar surface area (TPSA) is 42.2 Å². The van der Waals surface area contributed by atoms with E-state index in [1.165, 1.54) is 5.56 Å². The van der Waals surface area contributed by atoms with E-state index in [1.54, 1.807) is 0 Å². The van der Waals surface area contributed by atoms with Crippen molar-refractivity contribution in [3.8, 4) is 0 Å². The average Bonchev–Trinajstić information content (AvgIpc) is 2.81. The second-order valence-electron chi connectivity index (χ2n) is 4.59. The summed E-state index contributed by atoms with van der Waals surface area (Å²) in [5.74, 6) is -0.747. The molecule has 0 aliphatic rings. The number of hydrogen-bond acceptors (Lipinski definition) is 1. The van der Waals surface area contributed by atoms with E-state index in [4.69, 9.17) is 5.11 Å². The number of nitrogens with zero attached hydrogens (tertiary/aromatic N) is 1. The lowest BCUT2D eigenvalue weighted by Crippen LogP contribution is -2.12. The van der Waals surface area contributed by atoms with Crippen LogP contribution in [0.2, 0.25) is 0 Å². The van der Waals surface area contributed by atoms with Gasteiger partial charge in [0, 0.05) is 24.9 Å². The van der Waals surface area contributed by atoms with Gasteiger partial charge in [-0.05, 0) is 24.6 Å². The molecule has 1 heterocycles. The molecule has 0 radical (unpaired) electrons. The van der Waals surface area contributed by atoms with Crippen LogP contribution in [0.4, 0.5) is 0 Å². The number of rotatable bonds is 5. The van der Waals surface area contributed by atoms with Crippen LogP contribution in [0.15, 0.2) is 48.8 Å². The molecule has 2 aromatic rings. The van der Waals surface area contributed by atoms with Gasteiger partial charge < -0.3 is 9.67 Å². The number of aromatic nitrogens is 1. The van der Waals surface area contributed by atoms with Crippen molar-refractivity contribution >= 4 is 5.97 Å². The van der Waals surface area contributed by atoms with Crippen LogP contribution < -0.4 is 0 Å². The first-order valence-electron chi connectivity index (χ1n) is 6.04. The highest BCUT2D eigenvalue weighted by atomic mass is 16.4. The molecule has 3 nitrogen and oxygen atoms in total. The summed E-state index contributed by atoms with van der Waals surface area (Å²) in [6.45, 7) is 2.73. The number of carbonyl (C=O) groups is 1. The van der Waals surface area contributed by atoms with E-state index < -0.39 is 5.97 Å². The zero-order chi connectivity index (χ0) is 13.0. The van der Waals surface area contributed by atoms with Crippen LogP contribution in [-0.2, 0) is 11.3 Å². The molecule has 1 aromatic heterocycles. The molecule has 0 bridgehead atoms. The SMILES string of the molecule is Cc1ccc(C(CC(=O)O)Cn2cccc2)cc1. The molecule has 0 saturated heterocycles. The van der Waals surface area contributed by atoms with Gasteiger partial charge in [0.1, 0.15) is 0 Å². The smallest absolute Gasteiger partial charge is 0.304 e. The Kier molecular flexibility index (Phi) is 3.82. The lowest BCUT2D eigenvalue weighted by Gasteiger charge is -2.16. The number of hydrogen-bond donors (Lipinski definition) is 1. The van der Waals surface area contributed by atoms with Gasteiger partial charge in [0.25, 0.3) is 0 Å². The largest absolute Gasteiger partial charge is 0.481 e. The molecule has 1 unspecified atom stereocenters. The third-order valence-corrected chi connectivity index (χ3v) is 3.07. The first-order chi connectivity index (χ1) is 8.65. The third-order valence-electron chi connectivity index (χ3n) is 3.07. The lowest BCUT2D eigenvalue weighted by atomic mass is 9.95. The molecule has 18 heavy (non-hydrogen) atoms. The van der Waals surface area contributed by atoms with Crippen molar-refractivity contribution in [3.63, 3.8) is 0 Å². The maximum atomic E-state index is 11.0. The van der Waals surface area contributed by atoms with Gasteiger partial charge in [-0.3, -0.25) is 4.79 Å². The number of carboxylic acid groups (broad SMARTS) is 1. The molecule has 0 aliphatic carbocycles. The molecule has 1 aromatic carbocycles. The molecule has 0 aliphatic heterocycles. The number of aliphatic carboxylic acids is 1. The van der Waals surface area contributed by atoms with Crippen molar-refractivity contribution < 1.29 is 9.90 Å². The van der Waals surface area contributed by atoms with Crippen molar-refractivity contribution in [2.45, 2.75) is 25.8 Å². The fourth-order valence-corrected chi connectivity index (χ4v) is 2.08. The van der Waals surface area contributed by atoms with E-state index in [0.717, 1.165) is 5.56 Å². The summed E-state index contributed by atoms with van der Waals surface area (Å²) < 4.78 is 2.02. The normalized spacial score (nSPS) is 12.3. The van der Waals surface area contributed by atoms with Crippen LogP contribution in [0.25, 0.3) is 0 Å². The van der Waals surface area contributed by atoms with Gasteiger partial charge >= 0.3 is 5.97 Å². The molecular formula is C15H17NO2. The summed E-state index contributed by atoms with van der Waals surface area (Å²) in [6.07, 6.45) is 4.08. The van der Waals surface area contributed by atoms with E-state index in [2.05, 4.69) is 0 Å². The van der Waals surface area contributed by atoms with E-state index in [1.807, 2.05) is 60.3 Å². The molecule has 0 amide bonds. The molecule has 94 valence electrons. The Morgan fingerprint density at radius 1 is 1.22 bits per heavy atom. The maximum absolute atomic E-state index is 11.0. The highest BCUT2D eigenvalue weighted by Crippen LogP contribution is 2.22. The van der Waals surface area contributed by atoms with E-state index >= 15 is 0 Å². The summed E-state index contributed by atoms with van der Waals surface area (Å²) >= 11 is 0. The highest BCUT2D eigenvalue weighted by molar-refractivity contribution is 5.68. The van der Waals surface area contributed by atoms with E-state index in [0.29, 0.717) is 6.54 Å². The number of benzene rings is 1. The van der Waals surface area contributed by atoms with Gasteiger partial charge in [0.05, 0.1) is 6.42 Å². The minimum atomic E-state index is -0.757. The van der Waals surface area contributed by atoms with Gasteiger partial charge in [0.2, 0.25) is 0 Å². The summed E-state index contributed by atoms with van der Waals surface area (Å²) in [7, 11) is 0. The fraction of sp³-hybridized carbons (Fsp3) is 0.267. The molecule has 1 N–H and O–H groups in total. The molecule has 0 spiro atoms. The highest BCUT2D eigenvalue weighted by Gasteiger charge is 2.15. The van der Waals surface area contributed by atoms with Gasteiger partial charge in [-0.15, -0.1) is 0 Å². The Bertz CT molecular complexity index is 500. The van der Waals surface area contributed by atoms with Crippen molar-refractivity contribution in [2.75, 3.05) is 0 Å². The quantitative estimate of drug-likeness (QED) is 0.877. The van der Waals surface area contributed by atoms with Crippen LogP contribution >= 0.6 is 0 Å². The summed E-state index contributed by atoms with van der Waals surface area (Å²) in [5, 5.41) is 9.02. The van der Waals surface area contributed by atoms with E-state index in [9.17, 15) is 4.79 Å². The second kappa shape index (κ2) is 5.54. The zero-order valence-electron chi connectivity index (χ0n) is 10.4. The monoisotopic (exact) mass is 243 g/mol. The van der Waals surface area contributed by atoms with Crippen molar-refractivity contribution in [2.24, 2.45) is 0 Å². The molecule has 0 saturated carbocycles. The van der Waals surface area contributed by atoms with Crippen LogP contribution in [0.5, 0.6) is 0 Å². The standard InChI is InChI=1S/C15H17NO2/c1-12-4-6-13(7-5-12)14(10-15(17)18)11-16-8-2-3-9-16/h2-9,14H,10-11H2,1H3,(H,17,18). The predicted octanol–water partition coefficient (Wildman–Crippen LogP) is 3.06. The molecular weight excluding hydrogens is 226 g/mol. The Balaban J connectivity index is 2.19. The maximum Gasteiger partial charge on any atom is 0.304 e. The Morgan fingerprint density at radius 2 is 1.83 bits per heavy atom. The second-order valence-corrected chi connectivity index (χ2v) is 4.59. The lowest BCUT2D eigenvalue weighted by molar-refractivity contribution is -0.137. The van der Waals surface area contributed by atoms with Gasteiger partial charge in [-0.1, -0.05) is 29.8 Å². The average molecular weight is 243 g/mol. The van der Waals surface area contributed by atoms with Crippen LogP contribution in [0.3, 0.4) is 0 Å². The van der Waals surface area contributed by atoms with Gasteiger partial charge in [0.15, 0.2) is 0 Å². The first-order valence-corrected chi connectivity index (χ1v) is 6.04. The Hall–Kier alpha value is -2.03. The van der Waals surface area contributed by atoms with Crippen molar-refractivity contribution in [1.82, 2.24) is 4.57 Å². The summed E-state index contributed by atoms with van der Waals surface area (Å²) in [5.41, 5.74) is 2.27. The Labute approximate surface area is 107 Å². The zero-order valence-corrected chi connectivity index (χ0v) is 10.4. The number of aryl methyl sites for hydroxylation is 1. The van der Waals surface area contributed by atoms with Gasteiger partial charge in [-0.2, -0.15) is 0 Å². The Morgan fingerprint density at radius 3 is 2.39 bits per heavy atom. The molecule has 2 rings (SSSR count). The fourth-order valence-electron chi connectivity index (χ4n) is 2.08. The summed E-state index contributed by atoms with van der Waals surface area (Å²) in [4.78, 5) is 11.0. The minimum Gasteiger partial charge on any atom is -0.481 e. The predicted molar refractivity (Wildman–Crippen MR) is 70.6 cm³/mol. The molecule has 0 fully saturated rings.